The standard InChI is InChI=1S/C6H13N3S/c1-6(2-3-6)4-8-5(10)9-7/h2-4,7H2,1H3,(H2,8,9,10). The molecule has 0 saturated heterocycles. The minimum atomic E-state index is 0.487. The molecule has 1 aliphatic rings. The van der Waals surface area contributed by atoms with Gasteiger partial charge in [-0.15, -0.1) is 0 Å². The first-order valence-corrected chi connectivity index (χ1v) is 3.82. The Kier molecular flexibility index (Phi) is 2.11. The van der Waals surface area contributed by atoms with Crippen molar-refractivity contribution in [2.24, 2.45) is 11.3 Å². The van der Waals surface area contributed by atoms with Crippen molar-refractivity contribution in [3.8, 4) is 0 Å². The van der Waals surface area contributed by atoms with Crippen LogP contribution in [0, 0.1) is 5.41 Å². The molecule has 0 aliphatic heterocycles. The van der Waals surface area contributed by atoms with Crippen LogP contribution in [-0.4, -0.2) is 11.7 Å². The lowest BCUT2D eigenvalue weighted by atomic mass is 10.1. The lowest BCUT2D eigenvalue weighted by molar-refractivity contribution is 0.553. The molecule has 58 valence electrons. The highest BCUT2D eigenvalue weighted by molar-refractivity contribution is 7.80. The quantitative estimate of drug-likeness (QED) is 0.304. The zero-order valence-corrected chi connectivity index (χ0v) is 6.92. The highest BCUT2D eigenvalue weighted by Gasteiger charge is 2.36. The van der Waals surface area contributed by atoms with Crippen molar-refractivity contribution in [2.75, 3.05) is 6.54 Å². The summed E-state index contributed by atoms with van der Waals surface area (Å²) in [5, 5.41) is 3.57. The maximum absolute atomic E-state index is 5.07. The molecule has 0 atom stereocenters. The molecule has 1 rings (SSSR count). The van der Waals surface area contributed by atoms with E-state index in [-0.39, 0.29) is 0 Å². The summed E-state index contributed by atoms with van der Waals surface area (Å²) in [7, 11) is 0. The summed E-state index contributed by atoms with van der Waals surface area (Å²) in [5.41, 5.74) is 2.87. The lowest BCUT2D eigenvalue weighted by Crippen LogP contribution is -2.41. The topological polar surface area (TPSA) is 50.1 Å². The number of rotatable bonds is 2. The Morgan fingerprint density at radius 3 is 2.70 bits per heavy atom. The van der Waals surface area contributed by atoms with Crippen molar-refractivity contribution in [3.05, 3.63) is 0 Å². The predicted molar refractivity (Wildman–Crippen MR) is 45.3 cm³/mol. The van der Waals surface area contributed by atoms with Gasteiger partial charge in [0.25, 0.3) is 0 Å². The van der Waals surface area contributed by atoms with E-state index in [2.05, 4.69) is 17.7 Å². The molecule has 0 amide bonds. The summed E-state index contributed by atoms with van der Waals surface area (Å²) in [4.78, 5) is 0. The zero-order valence-electron chi connectivity index (χ0n) is 6.11. The van der Waals surface area contributed by atoms with Crippen LogP contribution in [0.5, 0.6) is 0 Å². The zero-order chi connectivity index (χ0) is 7.61. The molecule has 0 aromatic heterocycles. The van der Waals surface area contributed by atoms with Gasteiger partial charge in [-0.2, -0.15) is 0 Å². The highest BCUT2D eigenvalue weighted by atomic mass is 32.1. The van der Waals surface area contributed by atoms with Crippen LogP contribution in [0.4, 0.5) is 0 Å². The van der Waals surface area contributed by atoms with Crippen LogP contribution < -0.4 is 16.6 Å². The molecular formula is C6H13N3S. The van der Waals surface area contributed by atoms with Gasteiger partial charge in [0.2, 0.25) is 0 Å². The first-order chi connectivity index (χ1) is 4.66. The van der Waals surface area contributed by atoms with E-state index < -0.39 is 0 Å². The Hall–Kier alpha value is -0.350. The predicted octanol–water partition coefficient (Wildman–Crippen LogP) is 0.124. The lowest BCUT2D eigenvalue weighted by Gasteiger charge is -2.10. The largest absolute Gasteiger partial charge is 0.361 e. The molecular weight excluding hydrogens is 146 g/mol. The summed E-state index contributed by atoms with van der Waals surface area (Å²) in [6.45, 7) is 3.18. The van der Waals surface area contributed by atoms with Crippen molar-refractivity contribution in [1.29, 1.82) is 0 Å². The third-order valence-corrected chi connectivity index (χ3v) is 2.17. The first kappa shape index (κ1) is 7.75. The van der Waals surface area contributed by atoms with Gasteiger partial charge >= 0.3 is 0 Å². The van der Waals surface area contributed by atoms with Gasteiger partial charge in [0.05, 0.1) is 0 Å². The second-order valence-electron chi connectivity index (χ2n) is 3.14. The monoisotopic (exact) mass is 159 g/mol. The van der Waals surface area contributed by atoms with Gasteiger partial charge in [-0.05, 0) is 30.5 Å². The summed E-state index contributed by atoms with van der Waals surface area (Å²) in [6.07, 6.45) is 2.60. The fourth-order valence-corrected chi connectivity index (χ4v) is 0.807. The third kappa shape index (κ3) is 2.11. The fraction of sp³-hybridized carbons (Fsp3) is 0.833. The van der Waals surface area contributed by atoms with Crippen LogP contribution in [0.2, 0.25) is 0 Å². The smallest absolute Gasteiger partial charge is 0.180 e. The molecule has 1 fully saturated rings. The van der Waals surface area contributed by atoms with Crippen LogP contribution >= 0.6 is 12.2 Å². The van der Waals surface area contributed by atoms with Crippen LogP contribution in [0.15, 0.2) is 0 Å². The molecule has 0 aromatic rings. The van der Waals surface area contributed by atoms with Gasteiger partial charge in [-0.1, -0.05) is 6.92 Å². The van der Waals surface area contributed by atoms with Crippen molar-refractivity contribution in [2.45, 2.75) is 19.8 Å². The summed E-state index contributed by atoms with van der Waals surface area (Å²) in [6, 6.07) is 0. The average molecular weight is 159 g/mol. The van der Waals surface area contributed by atoms with Gasteiger partial charge in [0, 0.05) is 6.54 Å². The van der Waals surface area contributed by atoms with Crippen LogP contribution in [0.25, 0.3) is 0 Å². The van der Waals surface area contributed by atoms with Gasteiger partial charge in [0.1, 0.15) is 0 Å². The summed E-state index contributed by atoms with van der Waals surface area (Å²) in [5.74, 6) is 5.07. The van der Waals surface area contributed by atoms with Gasteiger partial charge < -0.3 is 10.7 Å². The number of nitrogens with one attached hydrogen (secondary N) is 2. The van der Waals surface area contributed by atoms with Gasteiger partial charge in [-0.25, -0.2) is 5.84 Å². The van der Waals surface area contributed by atoms with Crippen molar-refractivity contribution in [3.63, 3.8) is 0 Å². The van der Waals surface area contributed by atoms with E-state index in [1.165, 1.54) is 12.8 Å². The molecule has 1 aliphatic carbocycles. The number of hydrazine groups is 1. The Bertz CT molecular complexity index is 142. The summed E-state index contributed by atoms with van der Waals surface area (Å²) >= 11 is 4.80. The van der Waals surface area contributed by atoms with Crippen molar-refractivity contribution < 1.29 is 0 Å². The highest BCUT2D eigenvalue weighted by Crippen LogP contribution is 2.43. The van der Waals surface area contributed by atoms with Crippen LogP contribution in [-0.2, 0) is 0 Å². The molecule has 3 nitrogen and oxygen atoms in total. The molecule has 0 spiro atoms. The number of hydrogen-bond donors (Lipinski definition) is 3. The maximum Gasteiger partial charge on any atom is 0.180 e. The Balaban J connectivity index is 2.10. The fourth-order valence-electron chi connectivity index (χ4n) is 0.735. The molecule has 4 N–H and O–H groups in total. The molecule has 0 unspecified atom stereocenters. The third-order valence-electron chi connectivity index (χ3n) is 1.91. The minimum absolute atomic E-state index is 0.487. The maximum atomic E-state index is 5.07. The van der Waals surface area contributed by atoms with E-state index in [0.717, 1.165) is 6.54 Å². The number of nitrogens with two attached hydrogens (primary N) is 1. The molecule has 0 radical (unpaired) electrons. The van der Waals surface area contributed by atoms with E-state index in [1.807, 2.05) is 0 Å². The number of hydrogen-bond acceptors (Lipinski definition) is 2. The summed E-state index contributed by atoms with van der Waals surface area (Å²) < 4.78 is 0. The second-order valence-corrected chi connectivity index (χ2v) is 3.55. The van der Waals surface area contributed by atoms with Crippen molar-refractivity contribution in [1.82, 2.24) is 10.7 Å². The van der Waals surface area contributed by atoms with Crippen molar-refractivity contribution >= 4 is 17.3 Å². The van der Waals surface area contributed by atoms with Crippen LogP contribution in [0.3, 0.4) is 0 Å². The Morgan fingerprint density at radius 2 is 2.30 bits per heavy atom. The van der Waals surface area contributed by atoms with E-state index >= 15 is 0 Å². The van der Waals surface area contributed by atoms with Gasteiger partial charge in [0.15, 0.2) is 5.11 Å². The molecule has 1 saturated carbocycles. The molecule has 0 bridgehead atoms. The first-order valence-electron chi connectivity index (χ1n) is 3.41. The van der Waals surface area contributed by atoms with E-state index in [4.69, 9.17) is 18.1 Å². The van der Waals surface area contributed by atoms with Gasteiger partial charge in [-0.3, -0.25) is 0 Å². The molecule has 10 heavy (non-hydrogen) atoms. The average Bonchev–Trinajstić information content (AvgIpc) is 2.64. The Labute approximate surface area is 66.3 Å². The SMILES string of the molecule is CC1(CNC(=S)NN)CC1. The molecule has 0 heterocycles. The minimum Gasteiger partial charge on any atom is -0.361 e. The Morgan fingerprint density at radius 1 is 1.70 bits per heavy atom. The van der Waals surface area contributed by atoms with E-state index in [9.17, 15) is 0 Å². The number of thiocarbonyl (C=S) groups is 1. The normalized spacial score (nSPS) is 19.8. The van der Waals surface area contributed by atoms with E-state index in [0.29, 0.717) is 10.5 Å². The second kappa shape index (κ2) is 2.72. The molecule has 0 aromatic carbocycles. The molecule has 4 heteroatoms. The van der Waals surface area contributed by atoms with E-state index in [1.54, 1.807) is 0 Å². The van der Waals surface area contributed by atoms with Crippen LogP contribution in [0.1, 0.15) is 19.8 Å².